The summed E-state index contributed by atoms with van der Waals surface area (Å²) >= 11 is 0. The van der Waals surface area contributed by atoms with Crippen LogP contribution in [0.3, 0.4) is 0 Å². The van der Waals surface area contributed by atoms with Crippen LogP contribution in [0.25, 0.3) is 0 Å². The predicted octanol–water partition coefficient (Wildman–Crippen LogP) is 2.25. The molecule has 4 nitrogen and oxygen atoms in total. The fourth-order valence-electron chi connectivity index (χ4n) is 2.22. The maximum atomic E-state index is 12.1. The molecule has 0 N–H and O–H groups in total. The Balaban J connectivity index is 2.10. The molecule has 0 aromatic carbocycles. The molecule has 2 rings (SSSR count). The molecule has 1 amide bonds. The summed E-state index contributed by atoms with van der Waals surface area (Å²) in [6.45, 7) is 2.67. The molecule has 92 valence electrons. The molecule has 4 heteroatoms. The Morgan fingerprint density at radius 2 is 2.18 bits per heavy atom. The molecule has 2 heterocycles. The summed E-state index contributed by atoms with van der Waals surface area (Å²) in [6.07, 6.45) is 5.61. The zero-order valence-corrected chi connectivity index (χ0v) is 10.0. The fraction of sp³-hybridized carbons (Fsp3) is 0.538. The third-order valence-electron chi connectivity index (χ3n) is 3.25. The van der Waals surface area contributed by atoms with Gasteiger partial charge in [-0.2, -0.15) is 0 Å². The molecule has 1 aliphatic heterocycles. The van der Waals surface area contributed by atoms with E-state index in [1.165, 1.54) is 12.3 Å². The van der Waals surface area contributed by atoms with Crippen LogP contribution in [0.2, 0.25) is 0 Å². The fourth-order valence-corrected chi connectivity index (χ4v) is 2.22. The molecule has 0 spiro atoms. The van der Waals surface area contributed by atoms with Crippen molar-refractivity contribution in [1.29, 1.82) is 0 Å². The lowest BCUT2D eigenvalue weighted by molar-refractivity contribution is -0.128. The molecule has 1 saturated heterocycles. The quantitative estimate of drug-likeness (QED) is 0.583. The number of furan rings is 1. The highest BCUT2D eigenvalue weighted by Crippen LogP contribution is 2.17. The molecule has 1 atom stereocenters. The van der Waals surface area contributed by atoms with Crippen LogP contribution in [-0.2, 0) is 4.79 Å². The van der Waals surface area contributed by atoms with Crippen molar-refractivity contribution >= 4 is 11.7 Å². The second-order valence-electron chi connectivity index (χ2n) is 4.50. The molecule has 1 fully saturated rings. The van der Waals surface area contributed by atoms with E-state index in [-0.39, 0.29) is 11.8 Å². The second kappa shape index (κ2) is 5.17. The third kappa shape index (κ3) is 2.57. The number of carbonyl (C=O) groups excluding carboxylic acids is 2. The van der Waals surface area contributed by atoms with Crippen molar-refractivity contribution in [3.8, 4) is 0 Å². The highest BCUT2D eigenvalue weighted by atomic mass is 16.3. The van der Waals surface area contributed by atoms with Gasteiger partial charge in [0.05, 0.1) is 6.26 Å². The third-order valence-corrected chi connectivity index (χ3v) is 3.25. The van der Waals surface area contributed by atoms with E-state index in [9.17, 15) is 9.59 Å². The first-order valence-corrected chi connectivity index (χ1v) is 6.09. The van der Waals surface area contributed by atoms with E-state index in [0.717, 1.165) is 25.7 Å². The maximum absolute atomic E-state index is 12.1. The predicted molar refractivity (Wildman–Crippen MR) is 62.7 cm³/mol. The highest BCUT2D eigenvalue weighted by Gasteiger charge is 2.29. The van der Waals surface area contributed by atoms with Crippen LogP contribution in [0.5, 0.6) is 0 Å². The molecule has 1 aromatic rings. The van der Waals surface area contributed by atoms with E-state index in [1.807, 2.05) is 6.92 Å². The van der Waals surface area contributed by atoms with E-state index >= 15 is 0 Å². The molecular formula is C13H17NO3. The van der Waals surface area contributed by atoms with Crippen LogP contribution in [-0.4, -0.2) is 29.2 Å². The number of likely N-dealkylation sites (tertiary alicyclic amines) is 1. The summed E-state index contributed by atoms with van der Waals surface area (Å²) in [5.74, 6) is -0.843. The number of hydrogen-bond donors (Lipinski definition) is 0. The molecular weight excluding hydrogens is 218 g/mol. The van der Waals surface area contributed by atoms with Crippen molar-refractivity contribution in [3.63, 3.8) is 0 Å². The average molecular weight is 235 g/mol. The molecule has 0 aliphatic carbocycles. The number of ketones is 1. The van der Waals surface area contributed by atoms with Gasteiger partial charge in [-0.05, 0) is 31.9 Å². The Hall–Kier alpha value is -1.58. The van der Waals surface area contributed by atoms with E-state index in [4.69, 9.17) is 4.42 Å². The first-order chi connectivity index (χ1) is 8.20. The van der Waals surface area contributed by atoms with Gasteiger partial charge in [-0.15, -0.1) is 0 Å². The summed E-state index contributed by atoms with van der Waals surface area (Å²) in [4.78, 5) is 25.6. The van der Waals surface area contributed by atoms with Gasteiger partial charge in [0.2, 0.25) is 0 Å². The Labute approximate surface area is 101 Å². The number of nitrogens with zero attached hydrogens (tertiary/aromatic N) is 1. The smallest absolute Gasteiger partial charge is 0.298 e. The first kappa shape index (κ1) is 11.9. The average Bonchev–Trinajstić information content (AvgIpc) is 2.77. The van der Waals surface area contributed by atoms with E-state index < -0.39 is 11.7 Å². The summed E-state index contributed by atoms with van der Waals surface area (Å²) in [6, 6.07) is 3.29. The normalized spacial score (nSPS) is 21.0. The van der Waals surface area contributed by atoms with E-state index in [2.05, 4.69) is 0 Å². The topological polar surface area (TPSA) is 50.5 Å². The minimum atomic E-state index is -0.538. The number of amides is 1. The van der Waals surface area contributed by atoms with Gasteiger partial charge in [0.15, 0.2) is 5.76 Å². The largest absolute Gasteiger partial charge is 0.461 e. The molecule has 1 aliphatic rings. The molecule has 0 saturated carbocycles. The Morgan fingerprint density at radius 1 is 1.35 bits per heavy atom. The van der Waals surface area contributed by atoms with Crippen LogP contribution >= 0.6 is 0 Å². The molecule has 0 radical (unpaired) electrons. The van der Waals surface area contributed by atoms with Gasteiger partial charge in [0.25, 0.3) is 11.7 Å². The molecule has 1 aromatic heterocycles. The van der Waals surface area contributed by atoms with Gasteiger partial charge in [-0.25, -0.2) is 0 Å². The van der Waals surface area contributed by atoms with Gasteiger partial charge in [0.1, 0.15) is 0 Å². The van der Waals surface area contributed by atoms with Crippen molar-refractivity contribution in [1.82, 2.24) is 4.90 Å². The maximum Gasteiger partial charge on any atom is 0.298 e. The zero-order valence-electron chi connectivity index (χ0n) is 10.0. The second-order valence-corrected chi connectivity index (χ2v) is 4.50. The lowest BCUT2D eigenvalue weighted by Crippen LogP contribution is -2.42. The molecule has 1 unspecified atom stereocenters. The SMILES string of the molecule is CC1CCCCCN1C(=O)C(=O)c1ccco1. The van der Waals surface area contributed by atoms with Crippen molar-refractivity contribution in [3.05, 3.63) is 24.2 Å². The highest BCUT2D eigenvalue weighted by molar-refractivity contribution is 6.41. The van der Waals surface area contributed by atoms with Gasteiger partial charge >= 0.3 is 0 Å². The lowest BCUT2D eigenvalue weighted by Gasteiger charge is -2.25. The Morgan fingerprint density at radius 3 is 2.88 bits per heavy atom. The van der Waals surface area contributed by atoms with Gasteiger partial charge in [-0.3, -0.25) is 9.59 Å². The monoisotopic (exact) mass is 235 g/mol. The number of rotatable bonds is 2. The van der Waals surface area contributed by atoms with Gasteiger partial charge in [-0.1, -0.05) is 12.8 Å². The Bertz CT molecular complexity index is 397. The van der Waals surface area contributed by atoms with Gasteiger partial charge < -0.3 is 9.32 Å². The molecule has 0 bridgehead atoms. The van der Waals surface area contributed by atoms with Crippen LogP contribution in [0.4, 0.5) is 0 Å². The first-order valence-electron chi connectivity index (χ1n) is 6.09. The molecule has 17 heavy (non-hydrogen) atoms. The van der Waals surface area contributed by atoms with Crippen molar-refractivity contribution < 1.29 is 14.0 Å². The van der Waals surface area contributed by atoms with Crippen LogP contribution in [0.1, 0.15) is 43.2 Å². The van der Waals surface area contributed by atoms with E-state index in [1.54, 1.807) is 11.0 Å². The zero-order chi connectivity index (χ0) is 12.3. The number of carbonyl (C=O) groups is 2. The van der Waals surface area contributed by atoms with Crippen LogP contribution < -0.4 is 0 Å². The summed E-state index contributed by atoms with van der Waals surface area (Å²) in [5, 5.41) is 0. The minimum absolute atomic E-state index is 0.131. The minimum Gasteiger partial charge on any atom is -0.461 e. The Kier molecular flexibility index (Phi) is 3.61. The van der Waals surface area contributed by atoms with Crippen molar-refractivity contribution in [2.45, 2.75) is 38.6 Å². The number of hydrogen-bond acceptors (Lipinski definition) is 3. The standard InChI is InChI=1S/C13H17NO3/c1-10-6-3-2-4-8-14(10)13(16)12(15)11-7-5-9-17-11/h5,7,9-10H,2-4,6,8H2,1H3. The van der Waals surface area contributed by atoms with Crippen LogP contribution in [0, 0.1) is 0 Å². The van der Waals surface area contributed by atoms with Gasteiger partial charge in [0, 0.05) is 12.6 Å². The van der Waals surface area contributed by atoms with Crippen molar-refractivity contribution in [2.24, 2.45) is 0 Å². The van der Waals surface area contributed by atoms with Crippen molar-refractivity contribution in [2.75, 3.05) is 6.54 Å². The summed E-state index contributed by atoms with van der Waals surface area (Å²) < 4.78 is 4.98. The summed E-state index contributed by atoms with van der Waals surface area (Å²) in [5.41, 5.74) is 0. The number of Topliss-reactive ketones (excluding diaryl/α,β-unsaturated/α-hetero) is 1. The van der Waals surface area contributed by atoms with Crippen LogP contribution in [0.15, 0.2) is 22.8 Å². The summed E-state index contributed by atoms with van der Waals surface area (Å²) in [7, 11) is 0. The van der Waals surface area contributed by atoms with E-state index in [0.29, 0.717) is 6.54 Å². The lowest BCUT2D eigenvalue weighted by atomic mass is 10.1.